The third-order valence-corrected chi connectivity index (χ3v) is 15.1. The first-order valence-corrected chi connectivity index (χ1v) is 24.6. The summed E-state index contributed by atoms with van der Waals surface area (Å²) in [6.07, 6.45) is 10.5. The number of carbonyl (C=O) groups is 5. The van der Waals surface area contributed by atoms with Crippen LogP contribution in [-0.4, -0.2) is 112 Å². The Kier molecular flexibility index (Phi) is 17.1. The summed E-state index contributed by atoms with van der Waals surface area (Å²) in [5.74, 6) is -1.86. The number of benzene rings is 3. The number of piperidine rings is 1. The van der Waals surface area contributed by atoms with E-state index in [0.717, 1.165) is 115 Å². The van der Waals surface area contributed by atoms with Gasteiger partial charge in [-0.15, -0.1) is 0 Å². The number of anilines is 1. The molecule has 3 atom stereocenters. The molecule has 3 aromatic carbocycles. The largest absolute Gasteiger partial charge is 0.483 e. The molecule has 2 aliphatic heterocycles. The summed E-state index contributed by atoms with van der Waals surface area (Å²) in [6.45, 7) is 7.72. The normalized spacial score (nSPS) is 22.0. The van der Waals surface area contributed by atoms with Gasteiger partial charge in [-0.2, -0.15) is 0 Å². The number of imidazole rings is 1. The first kappa shape index (κ1) is 50.7. The average Bonchev–Trinajstić information content (AvgIpc) is 3.56. The Labute approximate surface area is 406 Å². The molecule has 68 heavy (non-hydrogen) atoms. The molecule has 1 aromatic heterocycles. The lowest BCUT2D eigenvalue weighted by atomic mass is 9.78. The van der Waals surface area contributed by atoms with Gasteiger partial charge in [-0.25, -0.2) is 9.18 Å². The van der Waals surface area contributed by atoms with Gasteiger partial charge in [0.1, 0.15) is 11.9 Å². The van der Waals surface area contributed by atoms with Crippen molar-refractivity contribution in [1.82, 2.24) is 34.9 Å². The Morgan fingerprint density at radius 3 is 2.31 bits per heavy atom. The van der Waals surface area contributed by atoms with Crippen LogP contribution in [-0.2, 0) is 37.4 Å². The van der Waals surface area contributed by atoms with Crippen LogP contribution in [0.3, 0.4) is 0 Å². The number of nitrogens with zero attached hydrogens (tertiary/aromatic N) is 4. The summed E-state index contributed by atoms with van der Waals surface area (Å²) in [7, 11) is 1.72. The summed E-state index contributed by atoms with van der Waals surface area (Å²) in [5.41, 5.74) is 3.21. The van der Waals surface area contributed by atoms with Gasteiger partial charge in [0.25, 0.3) is 6.47 Å². The van der Waals surface area contributed by atoms with Crippen molar-refractivity contribution in [3.63, 3.8) is 0 Å². The quantitative estimate of drug-likeness (QED) is 0.0661. The Balaban J connectivity index is 0.00000222. The number of aromatic nitrogens is 2. The lowest BCUT2D eigenvalue weighted by molar-refractivity contribution is -0.136. The fourth-order valence-electron chi connectivity index (χ4n) is 10.9. The molecule has 2 unspecified atom stereocenters. The molecule has 8 rings (SSSR count). The molecule has 4 amide bonds. The number of imide groups is 1. The number of amides is 4. The van der Waals surface area contributed by atoms with E-state index < -0.39 is 29.7 Å². The highest BCUT2D eigenvalue weighted by atomic mass is 35.5. The number of aryl methyl sites for hydroxylation is 1. The number of halogens is 3. The highest BCUT2D eigenvalue weighted by molar-refractivity contribution is 6.31. The van der Waals surface area contributed by atoms with Crippen molar-refractivity contribution in [2.45, 2.75) is 114 Å². The van der Waals surface area contributed by atoms with Crippen molar-refractivity contribution < 1.29 is 33.5 Å². The zero-order chi connectivity index (χ0) is 48.5. The molecule has 2 aliphatic carbocycles. The van der Waals surface area contributed by atoms with Crippen LogP contribution in [0.25, 0.3) is 11.0 Å². The molecule has 18 heteroatoms. The fourth-order valence-corrected chi connectivity index (χ4v) is 11.2. The first-order chi connectivity index (χ1) is 32.7. The number of nitrogens with one attached hydrogen (secondary N) is 4. The summed E-state index contributed by atoms with van der Waals surface area (Å²) < 4.78 is 19.3. The van der Waals surface area contributed by atoms with Gasteiger partial charge in [0.05, 0.1) is 22.1 Å². The average molecular weight is 978 g/mol. The minimum Gasteiger partial charge on any atom is -0.483 e. The van der Waals surface area contributed by atoms with Gasteiger partial charge in [0.15, 0.2) is 0 Å². The van der Waals surface area contributed by atoms with Gasteiger partial charge in [0, 0.05) is 80.9 Å². The summed E-state index contributed by atoms with van der Waals surface area (Å²) >= 11 is 12.8. The van der Waals surface area contributed by atoms with Gasteiger partial charge >= 0.3 is 5.69 Å². The summed E-state index contributed by atoms with van der Waals surface area (Å²) in [5, 5.41) is 19.5. The van der Waals surface area contributed by atoms with Gasteiger partial charge in [-0.1, -0.05) is 66.7 Å². The highest BCUT2D eigenvalue weighted by Gasteiger charge is 2.41. The van der Waals surface area contributed by atoms with Crippen molar-refractivity contribution >= 4 is 70.5 Å². The molecule has 0 spiro atoms. The summed E-state index contributed by atoms with van der Waals surface area (Å²) in [6, 6.07) is 14.3. The highest BCUT2D eigenvalue weighted by Crippen LogP contribution is 2.40. The van der Waals surface area contributed by atoms with Crippen molar-refractivity contribution in [3.8, 4) is 0 Å². The number of hydrogen-bond donors (Lipinski definition) is 5. The Morgan fingerprint density at radius 1 is 0.912 bits per heavy atom. The number of carboxylic acid groups (broad SMARTS) is 1. The van der Waals surface area contributed by atoms with E-state index in [0.29, 0.717) is 40.5 Å². The van der Waals surface area contributed by atoms with E-state index in [2.05, 4.69) is 38.0 Å². The number of fused-ring (bicyclic) bond motifs is 1. The molecule has 15 nitrogen and oxygen atoms in total. The SMILES string of the molecule is Cn1c(=O)n(C2CCC(=O)NC2=O)c2ccc(CCN3CCN(CC4CCC(NC(=O)C(NC5(C)CCCCC5)[C@@H](c5ccc(Cl)cc5NC=O)c5cccc(Cl)c5F)CC4)CC3)cc21.O=CO. The Hall–Kier alpha value is -5.13. The van der Waals surface area contributed by atoms with Crippen LogP contribution in [0.1, 0.15) is 106 Å². The number of carbonyl (C=O) groups excluding carboxylic acids is 4. The van der Waals surface area contributed by atoms with Crippen LogP contribution >= 0.6 is 23.2 Å². The lowest BCUT2D eigenvalue weighted by Crippen LogP contribution is -2.58. The van der Waals surface area contributed by atoms with Gasteiger partial charge in [-0.05, 0) is 111 Å². The van der Waals surface area contributed by atoms with Gasteiger partial charge in [-0.3, -0.25) is 43.7 Å². The van der Waals surface area contributed by atoms with Crippen LogP contribution in [0.5, 0.6) is 0 Å². The van der Waals surface area contributed by atoms with Crippen LogP contribution in [0, 0.1) is 11.7 Å². The molecule has 4 fully saturated rings. The molecule has 2 saturated heterocycles. The van der Waals surface area contributed by atoms with Crippen LogP contribution < -0.4 is 27.0 Å². The molecule has 3 heterocycles. The summed E-state index contributed by atoms with van der Waals surface area (Å²) in [4.78, 5) is 77.6. The van der Waals surface area contributed by atoms with Crippen LogP contribution in [0.15, 0.2) is 59.4 Å². The molecule has 5 N–H and O–H groups in total. The second kappa shape index (κ2) is 23.0. The molecule has 0 bridgehead atoms. The van der Waals surface area contributed by atoms with Crippen LogP contribution in [0.4, 0.5) is 10.1 Å². The minimum absolute atomic E-state index is 0.0284. The van der Waals surface area contributed by atoms with E-state index >= 15 is 4.39 Å². The topological polar surface area (TPSA) is 187 Å². The van der Waals surface area contributed by atoms with E-state index in [9.17, 15) is 24.0 Å². The third kappa shape index (κ3) is 12.0. The van der Waals surface area contributed by atoms with E-state index in [1.807, 2.05) is 18.2 Å². The first-order valence-electron chi connectivity index (χ1n) is 23.8. The maximum absolute atomic E-state index is 16.2. The number of hydrogen-bond acceptors (Lipinski definition) is 9. The maximum Gasteiger partial charge on any atom is 0.329 e. The van der Waals surface area contributed by atoms with E-state index in [1.54, 1.807) is 41.9 Å². The predicted octanol–water partition coefficient (Wildman–Crippen LogP) is 6.38. The molecule has 0 radical (unpaired) electrons. The third-order valence-electron chi connectivity index (χ3n) is 14.5. The molecular weight excluding hydrogens is 915 g/mol. The standard InChI is InChI=1S/C49H61Cl2FN8O5.CH2O2/c1-49(20-4-3-5-21-49)56-45(43(36-7-6-8-37(51)44(36)52)35-15-12-33(50)28-38(35)53-30-61)47(64)54-34-13-9-32(10-14-34)29-59-25-23-58(24-26-59)22-19-31-11-16-39-41(27-31)57(2)48(65)60(39)40-17-18-42(62)55-46(40)63;2-1-3/h6-8,11-12,15-16,27-28,30,32,34,40,43,45,56H,3-5,9-10,13-14,17-26,29H2,1-2H3,(H,53,61)(H,54,64)(H,55,62,63);1H,(H,2,3)/t32?,34?,40?,43-,45?;/m0./s1. The zero-order valence-electron chi connectivity index (χ0n) is 38.8. The minimum atomic E-state index is -0.878. The second-order valence-electron chi connectivity index (χ2n) is 19.1. The van der Waals surface area contributed by atoms with Gasteiger partial charge < -0.3 is 25.5 Å². The smallest absolute Gasteiger partial charge is 0.329 e. The molecule has 366 valence electrons. The lowest BCUT2D eigenvalue weighted by Gasteiger charge is -2.42. The number of piperazine rings is 1. The molecule has 4 aliphatic rings. The second-order valence-corrected chi connectivity index (χ2v) is 19.9. The zero-order valence-corrected chi connectivity index (χ0v) is 40.3. The van der Waals surface area contributed by atoms with Crippen molar-refractivity contribution in [2.75, 3.05) is 44.6 Å². The van der Waals surface area contributed by atoms with Crippen molar-refractivity contribution in [3.05, 3.63) is 97.6 Å². The van der Waals surface area contributed by atoms with Crippen molar-refractivity contribution in [2.24, 2.45) is 13.0 Å². The van der Waals surface area contributed by atoms with E-state index in [-0.39, 0.29) is 52.6 Å². The van der Waals surface area contributed by atoms with E-state index in [1.165, 1.54) is 10.6 Å². The maximum atomic E-state index is 16.2. The molecule has 2 saturated carbocycles. The predicted molar refractivity (Wildman–Crippen MR) is 261 cm³/mol. The van der Waals surface area contributed by atoms with Crippen molar-refractivity contribution in [1.29, 1.82) is 0 Å². The number of rotatable bonds is 15. The van der Waals surface area contributed by atoms with Crippen LogP contribution in [0.2, 0.25) is 10.0 Å². The molecule has 4 aromatic rings. The van der Waals surface area contributed by atoms with E-state index in [4.69, 9.17) is 33.1 Å². The Morgan fingerprint density at radius 2 is 1.62 bits per heavy atom. The molecular formula is C50H63Cl2FN8O7. The Bertz CT molecular complexity index is 2510. The van der Waals surface area contributed by atoms with Gasteiger partial charge in [0.2, 0.25) is 24.1 Å². The fraction of sp³-hybridized carbons (Fsp3) is 0.520. The monoisotopic (exact) mass is 976 g/mol.